The molecular formula is C14H22N4O2S. The Bertz CT molecular complexity index is 755. The highest BCUT2D eigenvalue weighted by Gasteiger charge is 2.19. The van der Waals surface area contributed by atoms with Crippen LogP contribution in [0.15, 0.2) is 14.7 Å². The monoisotopic (exact) mass is 310 g/mol. The Kier molecular flexibility index (Phi) is 4.61. The van der Waals surface area contributed by atoms with Gasteiger partial charge in [-0.15, -0.1) is 0 Å². The van der Waals surface area contributed by atoms with Gasteiger partial charge in [0.15, 0.2) is 16.3 Å². The molecule has 6 nitrogen and oxygen atoms in total. The summed E-state index contributed by atoms with van der Waals surface area (Å²) in [4.78, 5) is 30.7. The predicted octanol–water partition coefficient (Wildman–Crippen LogP) is 2.14. The lowest BCUT2D eigenvalue weighted by molar-refractivity contribution is 0.563. The van der Waals surface area contributed by atoms with E-state index >= 15 is 0 Å². The quantitative estimate of drug-likeness (QED) is 0.859. The molecule has 0 aromatic carbocycles. The van der Waals surface area contributed by atoms with Crippen LogP contribution in [0, 0.1) is 5.92 Å². The smallest absolute Gasteiger partial charge is 0.311 e. The van der Waals surface area contributed by atoms with Crippen LogP contribution in [0.25, 0.3) is 11.2 Å². The molecule has 0 radical (unpaired) electrons. The minimum absolute atomic E-state index is 0.107. The molecule has 0 saturated carbocycles. The van der Waals surface area contributed by atoms with E-state index in [9.17, 15) is 9.59 Å². The van der Waals surface area contributed by atoms with E-state index in [-0.39, 0.29) is 11.6 Å². The minimum atomic E-state index is -0.431. The Morgan fingerprint density at radius 1 is 1.24 bits per heavy atom. The average molecular weight is 310 g/mol. The molecule has 2 heterocycles. The maximum absolute atomic E-state index is 12.1. The molecule has 0 saturated heterocycles. The molecule has 1 N–H and O–H groups in total. The summed E-state index contributed by atoms with van der Waals surface area (Å²) in [5.41, 5.74) is 0.119. The molecule has 0 aliphatic heterocycles. The molecule has 2 aromatic heterocycles. The van der Waals surface area contributed by atoms with Crippen LogP contribution < -0.4 is 11.2 Å². The van der Waals surface area contributed by atoms with Crippen molar-refractivity contribution in [2.24, 2.45) is 13.0 Å². The first-order chi connectivity index (χ1) is 9.82. The number of aromatic nitrogens is 4. The van der Waals surface area contributed by atoms with Gasteiger partial charge in [-0.2, -0.15) is 0 Å². The van der Waals surface area contributed by atoms with Crippen LogP contribution in [0.5, 0.6) is 0 Å². The van der Waals surface area contributed by atoms with Crippen LogP contribution in [0.3, 0.4) is 0 Å². The second-order valence-electron chi connectivity index (χ2n) is 5.88. The number of rotatable bonds is 5. The Morgan fingerprint density at radius 3 is 2.48 bits per heavy atom. The number of hydrogen-bond acceptors (Lipinski definition) is 4. The van der Waals surface area contributed by atoms with E-state index in [0.29, 0.717) is 17.1 Å². The lowest BCUT2D eigenvalue weighted by Crippen LogP contribution is -2.29. The maximum Gasteiger partial charge on any atom is 0.329 e. The Balaban J connectivity index is 2.58. The van der Waals surface area contributed by atoms with Crippen molar-refractivity contribution in [1.82, 2.24) is 19.1 Å². The van der Waals surface area contributed by atoms with E-state index in [1.807, 2.05) is 18.4 Å². The van der Waals surface area contributed by atoms with E-state index in [2.05, 4.69) is 23.8 Å². The number of imidazole rings is 1. The molecular weight excluding hydrogens is 288 g/mol. The first-order valence-corrected chi connectivity index (χ1v) is 8.15. The van der Waals surface area contributed by atoms with Crippen molar-refractivity contribution in [2.75, 3.05) is 5.75 Å². The summed E-state index contributed by atoms with van der Waals surface area (Å²) in [5.74, 6) is 1.57. The molecule has 0 unspecified atom stereocenters. The highest BCUT2D eigenvalue weighted by Crippen LogP contribution is 2.26. The van der Waals surface area contributed by atoms with E-state index in [4.69, 9.17) is 0 Å². The molecule has 0 spiro atoms. The van der Waals surface area contributed by atoms with Crippen LogP contribution in [-0.4, -0.2) is 24.9 Å². The van der Waals surface area contributed by atoms with Gasteiger partial charge in [-0.3, -0.25) is 14.3 Å². The zero-order valence-electron chi connectivity index (χ0n) is 13.1. The summed E-state index contributed by atoms with van der Waals surface area (Å²) < 4.78 is 3.31. The second-order valence-corrected chi connectivity index (χ2v) is 6.94. The zero-order valence-corrected chi connectivity index (χ0v) is 14.0. The number of aryl methyl sites for hydroxylation is 1. The fourth-order valence-corrected chi connectivity index (χ4v) is 3.51. The summed E-state index contributed by atoms with van der Waals surface area (Å²) in [6.07, 6.45) is 1.08. The third kappa shape index (κ3) is 3.07. The van der Waals surface area contributed by atoms with Gasteiger partial charge in [0.25, 0.3) is 5.56 Å². The predicted molar refractivity (Wildman–Crippen MR) is 86.2 cm³/mol. The average Bonchev–Trinajstić information content (AvgIpc) is 2.76. The van der Waals surface area contributed by atoms with Crippen molar-refractivity contribution in [1.29, 1.82) is 0 Å². The number of aromatic amines is 1. The molecule has 0 atom stereocenters. The summed E-state index contributed by atoms with van der Waals surface area (Å²) >= 11 is 1.64. The van der Waals surface area contributed by atoms with Crippen molar-refractivity contribution in [3.8, 4) is 0 Å². The van der Waals surface area contributed by atoms with Crippen LogP contribution in [0.4, 0.5) is 0 Å². The fraction of sp³-hybridized carbons (Fsp3) is 0.643. The molecule has 0 aliphatic rings. The van der Waals surface area contributed by atoms with Gasteiger partial charge in [-0.25, -0.2) is 9.78 Å². The van der Waals surface area contributed by atoms with Crippen molar-refractivity contribution in [2.45, 2.75) is 45.3 Å². The van der Waals surface area contributed by atoms with Gasteiger partial charge in [0, 0.05) is 18.8 Å². The van der Waals surface area contributed by atoms with E-state index in [1.165, 1.54) is 4.57 Å². The maximum atomic E-state index is 12.1. The molecule has 116 valence electrons. The molecule has 21 heavy (non-hydrogen) atoms. The first kappa shape index (κ1) is 15.9. The normalized spacial score (nSPS) is 12.0. The summed E-state index contributed by atoms with van der Waals surface area (Å²) in [6.45, 7) is 8.39. The van der Waals surface area contributed by atoms with Crippen LogP contribution >= 0.6 is 11.8 Å². The lowest BCUT2D eigenvalue weighted by Gasteiger charge is -2.12. The number of hydrogen-bond donors (Lipinski definition) is 1. The van der Waals surface area contributed by atoms with Crippen LogP contribution in [0.1, 0.15) is 40.2 Å². The van der Waals surface area contributed by atoms with Gasteiger partial charge < -0.3 is 4.57 Å². The first-order valence-electron chi connectivity index (χ1n) is 7.17. The Morgan fingerprint density at radius 2 is 1.90 bits per heavy atom. The Hall–Kier alpha value is -1.50. The summed E-state index contributed by atoms with van der Waals surface area (Å²) in [5, 5.41) is 0.798. The van der Waals surface area contributed by atoms with Crippen molar-refractivity contribution < 1.29 is 0 Å². The number of nitrogens with zero attached hydrogens (tertiary/aromatic N) is 3. The standard InChI is InChI=1S/C14H22N4O2S/c1-8(2)6-7-21-14-15-11-10(18(14)9(3)4)12(19)16-13(20)17(11)5/h8-9H,6-7H2,1-5H3,(H,16,19,20). The number of nitrogens with one attached hydrogen (secondary N) is 1. The number of fused-ring (bicyclic) bond motifs is 1. The van der Waals surface area contributed by atoms with Crippen LogP contribution in [-0.2, 0) is 7.05 Å². The minimum Gasteiger partial charge on any atom is -0.311 e. The van der Waals surface area contributed by atoms with E-state index in [1.54, 1.807) is 18.8 Å². The van der Waals surface area contributed by atoms with Crippen molar-refractivity contribution in [3.63, 3.8) is 0 Å². The molecule has 2 aromatic rings. The van der Waals surface area contributed by atoms with Gasteiger partial charge in [0.05, 0.1) is 0 Å². The van der Waals surface area contributed by atoms with Crippen LogP contribution in [0.2, 0.25) is 0 Å². The highest BCUT2D eigenvalue weighted by molar-refractivity contribution is 7.99. The summed E-state index contributed by atoms with van der Waals surface area (Å²) in [6, 6.07) is 0.107. The molecule has 7 heteroatoms. The third-order valence-corrected chi connectivity index (χ3v) is 4.35. The molecule has 0 amide bonds. The number of H-pyrrole nitrogens is 1. The topological polar surface area (TPSA) is 72.7 Å². The largest absolute Gasteiger partial charge is 0.329 e. The molecule has 0 bridgehead atoms. The van der Waals surface area contributed by atoms with Crippen molar-refractivity contribution >= 4 is 22.9 Å². The summed E-state index contributed by atoms with van der Waals surface area (Å²) in [7, 11) is 1.63. The molecule has 2 rings (SSSR count). The van der Waals surface area contributed by atoms with Gasteiger partial charge >= 0.3 is 5.69 Å². The lowest BCUT2D eigenvalue weighted by atomic mass is 10.2. The van der Waals surface area contributed by atoms with Gasteiger partial charge in [-0.05, 0) is 26.2 Å². The zero-order chi connectivity index (χ0) is 15.7. The highest BCUT2D eigenvalue weighted by atomic mass is 32.2. The Labute approximate surface area is 127 Å². The van der Waals surface area contributed by atoms with Gasteiger partial charge in [0.2, 0.25) is 0 Å². The fourth-order valence-electron chi connectivity index (χ4n) is 2.15. The van der Waals surface area contributed by atoms with E-state index < -0.39 is 5.69 Å². The SMILES string of the molecule is CC(C)CCSc1nc2c(c(=O)[nH]c(=O)n2C)n1C(C)C. The molecule has 0 fully saturated rings. The van der Waals surface area contributed by atoms with E-state index in [0.717, 1.165) is 17.3 Å². The third-order valence-electron chi connectivity index (χ3n) is 3.36. The number of thioether (sulfide) groups is 1. The van der Waals surface area contributed by atoms with Crippen molar-refractivity contribution in [3.05, 3.63) is 20.8 Å². The van der Waals surface area contributed by atoms with Gasteiger partial charge in [-0.1, -0.05) is 25.6 Å². The molecule has 0 aliphatic carbocycles. The second kappa shape index (κ2) is 6.09. The van der Waals surface area contributed by atoms with Gasteiger partial charge in [0.1, 0.15) is 0 Å².